The maximum Gasteiger partial charge on any atom is 0.416 e. The zero-order valence-electron chi connectivity index (χ0n) is 25.5. The van der Waals surface area contributed by atoms with E-state index in [9.17, 15) is 45.5 Å². The lowest BCUT2D eigenvalue weighted by molar-refractivity contribution is -0.143. The van der Waals surface area contributed by atoms with Gasteiger partial charge < -0.3 is 0 Å². The van der Waals surface area contributed by atoms with Gasteiger partial charge in [0.1, 0.15) is 12.1 Å². The topological polar surface area (TPSA) is 81.2 Å². The number of anilines is 2. The molecule has 0 radical (unpaired) electrons. The lowest BCUT2D eigenvalue weighted by Crippen LogP contribution is -2.50. The zero-order valence-corrected chi connectivity index (χ0v) is 25.5. The molecule has 4 aliphatic heterocycles. The predicted octanol–water partition coefficient (Wildman–Crippen LogP) is 6.17. The number of amides is 4. The highest BCUT2D eigenvalue weighted by molar-refractivity contribution is 6.26. The smallest absolute Gasteiger partial charge is 0.274 e. The van der Waals surface area contributed by atoms with Gasteiger partial charge in [-0.15, -0.1) is 0 Å². The molecule has 6 atom stereocenters. The van der Waals surface area contributed by atoms with Crippen LogP contribution < -0.4 is 9.80 Å². The lowest BCUT2D eigenvalue weighted by atomic mass is 9.82. The summed E-state index contributed by atoms with van der Waals surface area (Å²) in [7, 11) is 0. The lowest BCUT2D eigenvalue weighted by Gasteiger charge is -2.36. The Hall–Kier alpha value is -5.34. The molecule has 4 aromatic rings. The van der Waals surface area contributed by atoms with Crippen LogP contribution in [0.3, 0.4) is 0 Å². The SMILES string of the molecule is O=C1[C@H]2[C@@H](c3ccccc3C(F)(F)F)N3[C@H]4C(=O)N(c5ccccc5)C(=O)[C@H]4[C@@H](c4ccccc4C(F)(F)F)N3[C@H]2C(=O)N1c1ccccc1. The first kappa shape index (κ1) is 31.9. The molecule has 4 aliphatic rings. The van der Waals surface area contributed by atoms with E-state index < -0.39 is 94.2 Å². The van der Waals surface area contributed by atoms with Crippen LogP contribution in [0.15, 0.2) is 109 Å². The van der Waals surface area contributed by atoms with Gasteiger partial charge in [0.15, 0.2) is 0 Å². The molecule has 4 amide bonds. The van der Waals surface area contributed by atoms with E-state index in [-0.39, 0.29) is 11.4 Å². The van der Waals surface area contributed by atoms with Gasteiger partial charge in [-0.25, -0.2) is 19.8 Å². The van der Waals surface area contributed by atoms with Gasteiger partial charge in [-0.2, -0.15) is 26.3 Å². The molecule has 4 fully saturated rings. The molecule has 0 aromatic heterocycles. The third-order valence-electron chi connectivity index (χ3n) is 9.92. The first-order chi connectivity index (χ1) is 23.8. The molecule has 4 heterocycles. The Kier molecular flexibility index (Phi) is 7.07. The quantitative estimate of drug-likeness (QED) is 0.188. The van der Waals surface area contributed by atoms with Gasteiger partial charge in [0, 0.05) is 0 Å². The Morgan fingerprint density at radius 2 is 0.720 bits per heavy atom. The average Bonchev–Trinajstić information content (AvgIpc) is 3.76. The first-order valence-electron chi connectivity index (χ1n) is 15.6. The molecule has 0 bridgehead atoms. The molecular weight excluding hydrogens is 666 g/mol. The van der Waals surface area contributed by atoms with Crippen molar-refractivity contribution in [2.75, 3.05) is 9.80 Å². The number of hydrogen-bond acceptors (Lipinski definition) is 6. The largest absolute Gasteiger partial charge is 0.416 e. The van der Waals surface area contributed by atoms with Crippen molar-refractivity contribution in [3.63, 3.8) is 0 Å². The zero-order chi connectivity index (χ0) is 35.3. The fraction of sp³-hybridized carbons (Fsp3) is 0.222. The van der Waals surface area contributed by atoms with Crippen LogP contribution in [-0.2, 0) is 31.5 Å². The standard InChI is InChI=1S/C36H24F6N4O4/c37-35(38,39)23-17-9-7-15-21(23)27-25-29(33(49)43(31(25)47)19-11-3-1-4-12-19)45-28(22-16-8-10-18-24(22)36(40,41)42)26-30(46(27)45)34(50)44(32(26)48)20-13-5-2-6-14-20/h1-18,25-30H/t25-,26-,27+,28+,29+,30+/m0/s1. The number of hydrogen-bond donors (Lipinski definition) is 0. The number of nitrogens with zero attached hydrogens (tertiary/aromatic N) is 4. The van der Waals surface area contributed by atoms with E-state index in [2.05, 4.69) is 0 Å². The summed E-state index contributed by atoms with van der Waals surface area (Å²) in [6, 6.07) is 17.3. The van der Waals surface area contributed by atoms with Gasteiger partial charge in [-0.3, -0.25) is 19.2 Å². The Balaban J connectivity index is 1.41. The third-order valence-corrected chi connectivity index (χ3v) is 9.92. The summed E-state index contributed by atoms with van der Waals surface area (Å²) in [6.45, 7) is 0. The monoisotopic (exact) mass is 690 g/mol. The molecule has 8 nitrogen and oxygen atoms in total. The van der Waals surface area contributed by atoms with Gasteiger partial charge in [0.2, 0.25) is 11.8 Å². The fourth-order valence-electron chi connectivity index (χ4n) is 8.14. The number of benzene rings is 4. The van der Waals surface area contributed by atoms with Gasteiger partial charge >= 0.3 is 12.4 Å². The van der Waals surface area contributed by atoms with Crippen molar-refractivity contribution in [2.45, 2.75) is 36.5 Å². The van der Waals surface area contributed by atoms with E-state index in [4.69, 9.17) is 0 Å². The number of para-hydroxylation sites is 2. The molecule has 50 heavy (non-hydrogen) atoms. The van der Waals surface area contributed by atoms with E-state index in [1.54, 1.807) is 36.4 Å². The second-order valence-corrected chi connectivity index (χ2v) is 12.5. The van der Waals surface area contributed by atoms with E-state index >= 15 is 0 Å². The maximum absolute atomic E-state index is 14.7. The molecule has 4 saturated heterocycles. The van der Waals surface area contributed by atoms with E-state index in [1.165, 1.54) is 36.4 Å². The second-order valence-electron chi connectivity index (χ2n) is 12.5. The van der Waals surface area contributed by atoms with Crippen molar-refractivity contribution in [2.24, 2.45) is 11.8 Å². The first-order valence-corrected chi connectivity index (χ1v) is 15.6. The molecule has 0 aliphatic carbocycles. The molecule has 0 unspecified atom stereocenters. The van der Waals surface area contributed by atoms with Gasteiger partial charge in [-0.1, -0.05) is 72.8 Å². The molecule has 4 aromatic carbocycles. The molecular formula is C36H24F6N4O4. The normalized spacial score (nSPS) is 26.9. The van der Waals surface area contributed by atoms with Crippen LogP contribution in [0.1, 0.15) is 34.3 Å². The van der Waals surface area contributed by atoms with Crippen molar-refractivity contribution in [1.29, 1.82) is 0 Å². The summed E-state index contributed by atoms with van der Waals surface area (Å²) in [4.78, 5) is 59.3. The average molecular weight is 691 g/mol. The van der Waals surface area contributed by atoms with Gasteiger partial charge in [-0.05, 0) is 47.5 Å². The van der Waals surface area contributed by atoms with Crippen LogP contribution in [0, 0.1) is 11.8 Å². The summed E-state index contributed by atoms with van der Waals surface area (Å²) >= 11 is 0. The van der Waals surface area contributed by atoms with E-state index in [0.717, 1.165) is 56.2 Å². The summed E-state index contributed by atoms with van der Waals surface area (Å²) < 4.78 is 88.0. The van der Waals surface area contributed by atoms with Crippen molar-refractivity contribution in [3.8, 4) is 0 Å². The Labute approximate surface area is 280 Å². The molecule has 0 saturated carbocycles. The maximum atomic E-state index is 14.7. The molecule has 8 rings (SSSR count). The highest BCUT2D eigenvalue weighted by atomic mass is 19.4. The van der Waals surface area contributed by atoms with Crippen LogP contribution in [0.4, 0.5) is 37.7 Å². The van der Waals surface area contributed by atoms with E-state index in [1.807, 2.05) is 0 Å². The number of imide groups is 2. The van der Waals surface area contributed by atoms with Crippen molar-refractivity contribution in [1.82, 2.24) is 10.0 Å². The Morgan fingerprint density at radius 1 is 0.400 bits per heavy atom. The number of halogens is 6. The van der Waals surface area contributed by atoms with Crippen LogP contribution >= 0.6 is 0 Å². The number of fused-ring (bicyclic) bond motifs is 5. The van der Waals surface area contributed by atoms with Crippen LogP contribution in [0.5, 0.6) is 0 Å². The number of carbonyl (C=O) groups excluding carboxylic acids is 4. The van der Waals surface area contributed by atoms with Crippen LogP contribution in [0.25, 0.3) is 0 Å². The molecule has 14 heteroatoms. The number of rotatable bonds is 4. The minimum absolute atomic E-state index is 0.111. The number of hydrazine groups is 1. The highest BCUT2D eigenvalue weighted by Gasteiger charge is 2.74. The predicted molar refractivity (Wildman–Crippen MR) is 164 cm³/mol. The van der Waals surface area contributed by atoms with Crippen LogP contribution in [-0.4, -0.2) is 45.7 Å². The van der Waals surface area contributed by atoms with E-state index in [0.29, 0.717) is 0 Å². The Morgan fingerprint density at radius 3 is 1.06 bits per heavy atom. The highest BCUT2D eigenvalue weighted by Crippen LogP contribution is 2.61. The fourth-order valence-corrected chi connectivity index (χ4v) is 8.14. The summed E-state index contributed by atoms with van der Waals surface area (Å²) in [6.07, 6.45) is -9.92. The summed E-state index contributed by atoms with van der Waals surface area (Å²) in [5, 5.41) is 2.23. The number of carbonyl (C=O) groups is 4. The number of alkyl halides is 6. The minimum Gasteiger partial charge on any atom is -0.274 e. The third kappa shape index (κ3) is 4.47. The van der Waals surface area contributed by atoms with Crippen molar-refractivity contribution in [3.05, 3.63) is 131 Å². The molecule has 254 valence electrons. The van der Waals surface area contributed by atoms with Crippen molar-refractivity contribution >= 4 is 35.0 Å². The Bertz CT molecular complexity index is 1910. The summed E-state index contributed by atoms with van der Waals surface area (Å²) in [5.74, 6) is -6.78. The van der Waals surface area contributed by atoms with Crippen molar-refractivity contribution < 1.29 is 45.5 Å². The molecule has 0 N–H and O–H groups in total. The van der Waals surface area contributed by atoms with Gasteiger partial charge in [0.05, 0.1) is 46.4 Å². The summed E-state index contributed by atoms with van der Waals surface area (Å²) in [5.41, 5.74) is -3.01. The van der Waals surface area contributed by atoms with Gasteiger partial charge in [0.25, 0.3) is 11.8 Å². The second kappa shape index (κ2) is 11.1. The molecule has 0 spiro atoms. The minimum atomic E-state index is -4.96. The van der Waals surface area contributed by atoms with Crippen LogP contribution in [0.2, 0.25) is 0 Å².